The molecule has 6 nitrogen and oxygen atoms in total. The topological polar surface area (TPSA) is 61.9 Å². The van der Waals surface area contributed by atoms with Gasteiger partial charge in [-0.2, -0.15) is 0 Å². The molecule has 142 valence electrons. The molecule has 3 amide bonds. The van der Waals surface area contributed by atoms with Crippen LogP contribution in [0.15, 0.2) is 48.5 Å². The molecule has 7 heteroatoms. The smallest absolute Gasteiger partial charge is 0.318 e. The first-order chi connectivity index (χ1) is 13.0. The first kappa shape index (κ1) is 18.7. The molecule has 0 aliphatic carbocycles. The SMILES string of the molecule is COc1ccc(N2C[C@@H](C)N(C(=O)NCc3cccc(F)c3)CC2=O)cc1. The van der Waals surface area contributed by atoms with Crippen molar-refractivity contribution >= 4 is 17.6 Å². The van der Waals surface area contributed by atoms with Gasteiger partial charge in [-0.05, 0) is 48.9 Å². The van der Waals surface area contributed by atoms with Gasteiger partial charge in [-0.1, -0.05) is 12.1 Å². The Hall–Kier alpha value is -3.09. The van der Waals surface area contributed by atoms with Crippen LogP contribution in [0, 0.1) is 5.82 Å². The Morgan fingerprint density at radius 2 is 2.00 bits per heavy atom. The van der Waals surface area contributed by atoms with Gasteiger partial charge in [-0.3, -0.25) is 4.79 Å². The Kier molecular flexibility index (Phi) is 5.59. The Morgan fingerprint density at radius 3 is 2.67 bits per heavy atom. The number of amides is 3. The van der Waals surface area contributed by atoms with E-state index in [4.69, 9.17) is 4.74 Å². The van der Waals surface area contributed by atoms with Gasteiger partial charge in [0.15, 0.2) is 0 Å². The summed E-state index contributed by atoms with van der Waals surface area (Å²) in [6.45, 7) is 2.49. The number of urea groups is 1. The second kappa shape index (κ2) is 8.07. The number of halogens is 1. The summed E-state index contributed by atoms with van der Waals surface area (Å²) in [5, 5.41) is 2.75. The van der Waals surface area contributed by atoms with Crippen LogP contribution in [0.3, 0.4) is 0 Å². The minimum atomic E-state index is -0.349. The number of nitrogens with zero attached hydrogens (tertiary/aromatic N) is 2. The third-order valence-corrected chi connectivity index (χ3v) is 4.56. The Balaban J connectivity index is 1.62. The second-order valence-corrected chi connectivity index (χ2v) is 6.47. The van der Waals surface area contributed by atoms with Crippen LogP contribution in [-0.4, -0.2) is 43.1 Å². The third-order valence-electron chi connectivity index (χ3n) is 4.56. The Bertz CT molecular complexity index is 825. The fourth-order valence-electron chi connectivity index (χ4n) is 3.06. The molecule has 2 aromatic carbocycles. The zero-order valence-electron chi connectivity index (χ0n) is 15.3. The summed E-state index contributed by atoms with van der Waals surface area (Å²) >= 11 is 0. The van der Waals surface area contributed by atoms with E-state index >= 15 is 0 Å². The molecule has 0 saturated carbocycles. The zero-order valence-corrected chi connectivity index (χ0v) is 15.3. The van der Waals surface area contributed by atoms with Crippen molar-refractivity contribution < 1.29 is 18.7 Å². The van der Waals surface area contributed by atoms with E-state index in [1.165, 1.54) is 17.0 Å². The maximum Gasteiger partial charge on any atom is 0.318 e. The summed E-state index contributed by atoms with van der Waals surface area (Å²) in [5.41, 5.74) is 1.44. The van der Waals surface area contributed by atoms with Gasteiger partial charge in [0.25, 0.3) is 0 Å². The van der Waals surface area contributed by atoms with Crippen LogP contribution in [0.2, 0.25) is 0 Å². The largest absolute Gasteiger partial charge is 0.497 e. The molecule has 1 aliphatic heterocycles. The van der Waals surface area contributed by atoms with Crippen LogP contribution in [0.4, 0.5) is 14.9 Å². The van der Waals surface area contributed by atoms with Gasteiger partial charge in [0.05, 0.1) is 7.11 Å². The van der Waals surface area contributed by atoms with Crippen LogP contribution in [0.25, 0.3) is 0 Å². The minimum Gasteiger partial charge on any atom is -0.497 e. The molecule has 1 N–H and O–H groups in total. The number of ether oxygens (including phenoxy) is 1. The number of carbonyl (C=O) groups excluding carboxylic acids is 2. The van der Waals surface area contributed by atoms with Gasteiger partial charge in [0.1, 0.15) is 18.1 Å². The van der Waals surface area contributed by atoms with E-state index in [-0.39, 0.29) is 36.9 Å². The molecule has 1 atom stereocenters. The summed E-state index contributed by atoms with van der Waals surface area (Å²) in [4.78, 5) is 28.2. The predicted octanol–water partition coefficient (Wildman–Crippen LogP) is 2.78. The number of rotatable bonds is 4. The predicted molar refractivity (Wildman–Crippen MR) is 100 cm³/mol. The number of hydrogen-bond acceptors (Lipinski definition) is 3. The highest BCUT2D eigenvalue weighted by atomic mass is 19.1. The van der Waals surface area contributed by atoms with Crippen LogP contribution >= 0.6 is 0 Å². The summed E-state index contributed by atoms with van der Waals surface area (Å²) in [7, 11) is 1.59. The number of benzene rings is 2. The number of piperazine rings is 1. The molecule has 27 heavy (non-hydrogen) atoms. The van der Waals surface area contributed by atoms with Gasteiger partial charge in [0, 0.05) is 24.8 Å². The van der Waals surface area contributed by atoms with E-state index in [1.54, 1.807) is 36.3 Å². The van der Waals surface area contributed by atoms with Gasteiger partial charge in [0.2, 0.25) is 5.91 Å². The van der Waals surface area contributed by atoms with E-state index < -0.39 is 0 Å². The van der Waals surface area contributed by atoms with Crippen molar-refractivity contribution in [2.24, 2.45) is 0 Å². The highest BCUT2D eigenvalue weighted by molar-refractivity contribution is 5.98. The molecule has 3 rings (SSSR count). The van der Waals surface area contributed by atoms with Crippen molar-refractivity contribution in [3.05, 3.63) is 59.9 Å². The maximum atomic E-state index is 13.2. The Labute approximate surface area is 157 Å². The lowest BCUT2D eigenvalue weighted by atomic mass is 10.1. The van der Waals surface area contributed by atoms with Gasteiger partial charge in [-0.15, -0.1) is 0 Å². The summed E-state index contributed by atoms with van der Waals surface area (Å²) in [5.74, 6) is 0.215. The monoisotopic (exact) mass is 371 g/mol. The fraction of sp³-hybridized carbons (Fsp3) is 0.300. The molecule has 0 bridgehead atoms. The lowest BCUT2D eigenvalue weighted by molar-refractivity contribution is -0.121. The van der Waals surface area contributed by atoms with E-state index in [0.29, 0.717) is 12.1 Å². The first-order valence-electron chi connectivity index (χ1n) is 8.71. The van der Waals surface area contributed by atoms with E-state index in [2.05, 4.69) is 5.32 Å². The van der Waals surface area contributed by atoms with Crippen molar-refractivity contribution in [3.8, 4) is 5.75 Å². The van der Waals surface area contributed by atoms with Crippen molar-refractivity contribution in [2.45, 2.75) is 19.5 Å². The maximum absolute atomic E-state index is 13.2. The molecule has 1 heterocycles. The number of methoxy groups -OCH3 is 1. The van der Waals surface area contributed by atoms with Gasteiger partial charge in [-0.25, -0.2) is 9.18 Å². The van der Waals surface area contributed by atoms with Crippen molar-refractivity contribution in [2.75, 3.05) is 25.1 Å². The van der Waals surface area contributed by atoms with Crippen LogP contribution in [0.1, 0.15) is 12.5 Å². The molecule has 0 radical (unpaired) electrons. The third kappa shape index (κ3) is 4.36. The number of nitrogens with one attached hydrogen (secondary N) is 1. The van der Waals surface area contributed by atoms with E-state index in [9.17, 15) is 14.0 Å². The first-order valence-corrected chi connectivity index (χ1v) is 8.71. The van der Waals surface area contributed by atoms with E-state index in [0.717, 1.165) is 11.4 Å². The molecule has 1 fully saturated rings. The Morgan fingerprint density at radius 1 is 1.26 bits per heavy atom. The molecule has 1 saturated heterocycles. The quantitative estimate of drug-likeness (QED) is 0.899. The average molecular weight is 371 g/mol. The van der Waals surface area contributed by atoms with Crippen molar-refractivity contribution in [3.63, 3.8) is 0 Å². The highest BCUT2D eigenvalue weighted by Crippen LogP contribution is 2.23. The van der Waals surface area contributed by atoms with Gasteiger partial charge >= 0.3 is 6.03 Å². The lowest BCUT2D eigenvalue weighted by Gasteiger charge is -2.39. The van der Waals surface area contributed by atoms with Crippen LogP contribution in [0.5, 0.6) is 5.75 Å². The second-order valence-electron chi connectivity index (χ2n) is 6.47. The number of anilines is 1. The van der Waals surface area contributed by atoms with E-state index in [1.807, 2.05) is 19.1 Å². The molecule has 2 aromatic rings. The molecule has 0 aromatic heterocycles. The fourth-order valence-corrected chi connectivity index (χ4v) is 3.06. The zero-order chi connectivity index (χ0) is 19.4. The summed E-state index contributed by atoms with van der Waals surface area (Å²) in [6, 6.07) is 12.8. The number of carbonyl (C=O) groups is 2. The van der Waals surface area contributed by atoms with Crippen molar-refractivity contribution in [1.82, 2.24) is 10.2 Å². The van der Waals surface area contributed by atoms with Crippen LogP contribution < -0.4 is 15.0 Å². The lowest BCUT2D eigenvalue weighted by Crippen LogP contribution is -2.59. The van der Waals surface area contributed by atoms with Crippen molar-refractivity contribution in [1.29, 1.82) is 0 Å². The molecular formula is C20H22FN3O3. The normalized spacial score (nSPS) is 17.0. The molecule has 1 aliphatic rings. The summed E-state index contributed by atoms with van der Waals surface area (Å²) < 4.78 is 18.4. The van der Waals surface area contributed by atoms with Gasteiger partial charge < -0.3 is 19.9 Å². The molecule has 0 unspecified atom stereocenters. The summed E-state index contributed by atoms with van der Waals surface area (Å²) in [6.07, 6.45) is 0. The van der Waals surface area contributed by atoms with Crippen LogP contribution in [-0.2, 0) is 11.3 Å². The average Bonchev–Trinajstić information content (AvgIpc) is 2.68. The number of hydrogen-bond donors (Lipinski definition) is 1. The minimum absolute atomic E-state index is 0.0117. The molecule has 0 spiro atoms. The molecular weight excluding hydrogens is 349 g/mol. The standard InChI is InChI=1S/C20H22FN3O3/c1-14-12-24(17-6-8-18(27-2)9-7-17)19(25)13-23(14)20(26)22-11-15-4-3-5-16(21)10-15/h3-10,14H,11-13H2,1-2H3,(H,22,26)/t14-/m1/s1. The highest BCUT2D eigenvalue weighted by Gasteiger charge is 2.33.